The zero-order valence-electron chi connectivity index (χ0n) is 12.5. The molecule has 2 heterocycles. The van der Waals surface area contributed by atoms with Crippen LogP contribution in [0, 0.1) is 0 Å². The van der Waals surface area contributed by atoms with Gasteiger partial charge < -0.3 is 15.5 Å². The van der Waals surface area contributed by atoms with Gasteiger partial charge in [-0.3, -0.25) is 4.79 Å². The highest BCUT2D eigenvalue weighted by Crippen LogP contribution is 2.21. The zero-order chi connectivity index (χ0) is 15.4. The van der Waals surface area contributed by atoms with Crippen LogP contribution in [0.5, 0.6) is 0 Å². The molecule has 1 atom stereocenters. The van der Waals surface area contributed by atoms with E-state index < -0.39 is 0 Å². The molecule has 1 aromatic carbocycles. The first-order valence-corrected chi connectivity index (χ1v) is 7.38. The third kappa shape index (κ3) is 3.16. The van der Waals surface area contributed by atoms with Crippen LogP contribution in [0.25, 0.3) is 0 Å². The van der Waals surface area contributed by atoms with Crippen LogP contribution in [0.3, 0.4) is 0 Å². The summed E-state index contributed by atoms with van der Waals surface area (Å²) in [5.41, 5.74) is 1.57. The van der Waals surface area contributed by atoms with Crippen molar-refractivity contribution in [1.82, 2.24) is 15.5 Å². The molecule has 2 aromatic rings. The lowest BCUT2D eigenvalue weighted by Crippen LogP contribution is -2.26. The SMILES string of the molecule is CNC(=O)c1ccc(NC2CCN(c3ccccc3)C2)nn1. The van der Waals surface area contributed by atoms with Crippen LogP contribution in [0.15, 0.2) is 42.5 Å². The second kappa shape index (κ2) is 6.43. The number of aromatic nitrogens is 2. The van der Waals surface area contributed by atoms with Gasteiger partial charge in [0.15, 0.2) is 5.69 Å². The number of amides is 1. The second-order valence-corrected chi connectivity index (χ2v) is 5.29. The lowest BCUT2D eigenvalue weighted by Gasteiger charge is -2.19. The van der Waals surface area contributed by atoms with Gasteiger partial charge in [0, 0.05) is 31.9 Å². The summed E-state index contributed by atoms with van der Waals surface area (Å²) >= 11 is 0. The van der Waals surface area contributed by atoms with Crippen LogP contribution in [-0.2, 0) is 0 Å². The van der Waals surface area contributed by atoms with Crippen molar-refractivity contribution in [3.8, 4) is 0 Å². The van der Waals surface area contributed by atoms with E-state index in [1.165, 1.54) is 5.69 Å². The van der Waals surface area contributed by atoms with Gasteiger partial charge in [-0.2, -0.15) is 0 Å². The fraction of sp³-hybridized carbons (Fsp3) is 0.312. The topological polar surface area (TPSA) is 70.2 Å². The number of nitrogens with zero attached hydrogens (tertiary/aromatic N) is 3. The minimum absolute atomic E-state index is 0.227. The first-order valence-electron chi connectivity index (χ1n) is 7.38. The predicted octanol–water partition coefficient (Wildman–Crippen LogP) is 1.53. The first kappa shape index (κ1) is 14.3. The summed E-state index contributed by atoms with van der Waals surface area (Å²) in [6.45, 7) is 1.95. The number of nitrogens with one attached hydrogen (secondary N) is 2. The van der Waals surface area contributed by atoms with Gasteiger partial charge in [0.25, 0.3) is 5.91 Å². The van der Waals surface area contributed by atoms with Crippen LogP contribution in [-0.4, -0.2) is 42.3 Å². The Morgan fingerprint density at radius 3 is 2.68 bits per heavy atom. The molecular formula is C16H19N5O. The van der Waals surface area contributed by atoms with Crippen molar-refractivity contribution in [2.45, 2.75) is 12.5 Å². The van der Waals surface area contributed by atoms with E-state index in [0.29, 0.717) is 17.6 Å². The Morgan fingerprint density at radius 2 is 2.00 bits per heavy atom. The van der Waals surface area contributed by atoms with Crippen molar-refractivity contribution < 1.29 is 4.79 Å². The van der Waals surface area contributed by atoms with E-state index in [1.807, 2.05) is 6.07 Å². The van der Waals surface area contributed by atoms with Crippen LogP contribution in [0.2, 0.25) is 0 Å². The first-order chi connectivity index (χ1) is 10.8. The van der Waals surface area contributed by atoms with E-state index in [0.717, 1.165) is 19.5 Å². The molecule has 0 saturated carbocycles. The average Bonchev–Trinajstić information content (AvgIpc) is 3.04. The van der Waals surface area contributed by atoms with Gasteiger partial charge in [-0.25, -0.2) is 0 Å². The van der Waals surface area contributed by atoms with Crippen LogP contribution < -0.4 is 15.5 Å². The van der Waals surface area contributed by atoms with E-state index in [9.17, 15) is 4.79 Å². The van der Waals surface area contributed by atoms with E-state index in [1.54, 1.807) is 19.2 Å². The summed E-state index contributed by atoms with van der Waals surface area (Å²) in [5.74, 6) is 0.475. The Hall–Kier alpha value is -2.63. The third-order valence-electron chi connectivity index (χ3n) is 3.79. The number of carbonyl (C=O) groups excluding carboxylic acids is 1. The van der Waals surface area contributed by atoms with Crippen molar-refractivity contribution in [1.29, 1.82) is 0 Å². The van der Waals surface area contributed by atoms with Crippen molar-refractivity contribution in [2.75, 3.05) is 30.4 Å². The van der Waals surface area contributed by atoms with Gasteiger partial charge in [0.1, 0.15) is 5.82 Å². The Balaban J connectivity index is 1.59. The normalized spacial score (nSPS) is 17.3. The maximum Gasteiger partial charge on any atom is 0.271 e. The Morgan fingerprint density at radius 1 is 1.18 bits per heavy atom. The molecule has 1 aliphatic heterocycles. The number of anilines is 2. The zero-order valence-corrected chi connectivity index (χ0v) is 12.5. The Kier molecular flexibility index (Phi) is 4.18. The average molecular weight is 297 g/mol. The third-order valence-corrected chi connectivity index (χ3v) is 3.79. The molecule has 6 heteroatoms. The highest BCUT2D eigenvalue weighted by atomic mass is 16.1. The molecule has 0 aliphatic carbocycles. The molecule has 1 amide bonds. The number of benzene rings is 1. The standard InChI is InChI=1S/C16H19N5O/c1-17-16(22)14-7-8-15(20-19-14)18-12-9-10-21(11-12)13-5-3-2-4-6-13/h2-8,12H,9-11H2,1H3,(H,17,22)(H,18,20). The van der Waals surface area contributed by atoms with Gasteiger partial charge in [0.2, 0.25) is 0 Å². The molecular weight excluding hydrogens is 278 g/mol. The minimum Gasteiger partial charge on any atom is -0.369 e. The van der Waals surface area contributed by atoms with Gasteiger partial charge in [-0.05, 0) is 30.7 Å². The van der Waals surface area contributed by atoms with Gasteiger partial charge in [-0.15, -0.1) is 10.2 Å². The molecule has 22 heavy (non-hydrogen) atoms. The smallest absolute Gasteiger partial charge is 0.271 e. The molecule has 1 aliphatic rings. The van der Waals surface area contributed by atoms with Gasteiger partial charge >= 0.3 is 0 Å². The highest BCUT2D eigenvalue weighted by Gasteiger charge is 2.22. The van der Waals surface area contributed by atoms with Gasteiger partial charge in [0.05, 0.1) is 0 Å². The number of rotatable bonds is 4. The molecule has 2 N–H and O–H groups in total. The molecule has 114 valence electrons. The Bertz CT molecular complexity index is 629. The molecule has 1 unspecified atom stereocenters. The van der Waals surface area contributed by atoms with Crippen molar-refractivity contribution in [3.05, 3.63) is 48.2 Å². The summed E-state index contributed by atoms with van der Waals surface area (Å²) in [4.78, 5) is 13.8. The van der Waals surface area contributed by atoms with Crippen molar-refractivity contribution in [2.24, 2.45) is 0 Å². The molecule has 1 aromatic heterocycles. The second-order valence-electron chi connectivity index (χ2n) is 5.29. The summed E-state index contributed by atoms with van der Waals surface area (Å²) in [5, 5.41) is 13.9. The fourth-order valence-electron chi connectivity index (χ4n) is 2.62. The lowest BCUT2D eigenvalue weighted by molar-refractivity contribution is 0.0957. The summed E-state index contributed by atoms with van der Waals surface area (Å²) < 4.78 is 0. The van der Waals surface area contributed by atoms with E-state index in [2.05, 4.69) is 50.0 Å². The highest BCUT2D eigenvalue weighted by molar-refractivity contribution is 5.91. The predicted molar refractivity (Wildman–Crippen MR) is 86.1 cm³/mol. The monoisotopic (exact) mass is 297 g/mol. The molecule has 6 nitrogen and oxygen atoms in total. The molecule has 0 bridgehead atoms. The largest absolute Gasteiger partial charge is 0.369 e. The quantitative estimate of drug-likeness (QED) is 0.895. The van der Waals surface area contributed by atoms with Crippen molar-refractivity contribution in [3.63, 3.8) is 0 Å². The summed E-state index contributed by atoms with van der Waals surface area (Å²) in [6, 6.07) is 14.2. The molecule has 3 rings (SSSR count). The van der Waals surface area contributed by atoms with Gasteiger partial charge in [-0.1, -0.05) is 18.2 Å². The molecule has 0 radical (unpaired) electrons. The fourth-order valence-corrected chi connectivity index (χ4v) is 2.62. The lowest BCUT2D eigenvalue weighted by atomic mass is 10.2. The molecule has 0 spiro atoms. The summed E-state index contributed by atoms with van der Waals surface area (Å²) in [6.07, 6.45) is 1.05. The maximum absolute atomic E-state index is 11.4. The summed E-state index contributed by atoms with van der Waals surface area (Å²) in [7, 11) is 1.58. The van der Waals surface area contributed by atoms with Crippen LogP contribution in [0.1, 0.15) is 16.9 Å². The van der Waals surface area contributed by atoms with Crippen LogP contribution in [0.4, 0.5) is 11.5 Å². The minimum atomic E-state index is -0.227. The Labute approximate surface area is 129 Å². The van der Waals surface area contributed by atoms with Crippen molar-refractivity contribution >= 4 is 17.4 Å². The maximum atomic E-state index is 11.4. The molecule has 1 saturated heterocycles. The number of hydrogen-bond acceptors (Lipinski definition) is 5. The van der Waals surface area contributed by atoms with Crippen LogP contribution >= 0.6 is 0 Å². The number of para-hydroxylation sites is 1. The number of hydrogen-bond donors (Lipinski definition) is 2. The van der Waals surface area contributed by atoms with E-state index in [4.69, 9.17) is 0 Å². The number of carbonyl (C=O) groups is 1. The van der Waals surface area contributed by atoms with E-state index >= 15 is 0 Å². The molecule has 1 fully saturated rings. The van der Waals surface area contributed by atoms with E-state index in [-0.39, 0.29) is 5.91 Å².